The zero-order chi connectivity index (χ0) is 32.0. The number of nitrogens with zero attached hydrogens (tertiary/aromatic N) is 1. The van der Waals surface area contributed by atoms with Crippen molar-refractivity contribution >= 4 is 38.9 Å². The van der Waals surface area contributed by atoms with Crippen LogP contribution in [-0.2, 0) is 21.1 Å². The molecule has 45 heavy (non-hydrogen) atoms. The molecule has 1 aliphatic rings. The number of anilines is 1. The Bertz CT molecular complexity index is 1740. The van der Waals surface area contributed by atoms with Crippen molar-refractivity contribution in [3.63, 3.8) is 0 Å². The van der Waals surface area contributed by atoms with Crippen molar-refractivity contribution in [2.75, 3.05) is 17.7 Å². The number of carbonyl (C=O) groups excluding carboxylic acids is 2. The molecule has 1 atom stereocenters. The van der Waals surface area contributed by atoms with E-state index in [-0.39, 0.29) is 22.6 Å². The second kappa shape index (κ2) is 14.3. The molecule has 0 aliphatic heterocycles. The number of hydrogen-bond acceptors (Lipinski definition) is 7. The topological polar surface area (TPSA) is 173 Å². The molecule has 4 aromatic rings. The third kappa shape index (κ3) is 8.10. The van der Waals surface area contributed by atoms with E-state index in [9.17, 15) is 18.0 Å². The van der Waals surface area contributed by atoms with Gasteiger partial charge in [-0.05, 0) is 86.5 Å². The number of hydrogen-bond donors (Lipinski definition) is 5. The minimum absolute atomic E-state index is 0.0569. The van der Waals surface area contributed by atoms with E-state index in [1.54, 1.807) is 60.7 Å². The monoisotopic (exact) mass is 648 g/mol. The van der Waals surface area contributed by atoms with E-state index in [1.165, 1.54) is 0 Å². The molecule has 7 N–H and O–H groups in total. The maximum Gasteiger partial charge on any atom is 0.248 e. The molecule has 1 fully saturated rings. The highest BCUT2D eigenvalue weighted by molar-refractivity contribution is 7.91. The van der Waals surface area contributed by atoms with E-state index in [0.717, 1.165) is 31.2 Å². The minimum atomic E-state index is -3.54. The first-order valence-electron chi connectivity index (χ1n) is 14.9. The Kier molecular flexibility index (Phi) is 10.2. The van der Waals surface area contributed by atoms with Crippen LogP contribution >= 0.6 is 11.6 Å². The van der Waals surface area contributed by atoms with Gasteiger partial charge in [-0.25, -0.2) is 13.4 Å². The molecular weight excluding hydrogens is 612 g/mol. The summed E-state index contributed by atoms with van der Waals surface area (Å²) in [6.07, 6.45) is 3.74. The predicted molar refractivity (Wildman–Crippen MR) is 175 cm³/mol. The highest BCUT2D eigenvalue weighted by Gasteiger charge is 2.29. The van der Waals surface area contributed by atoms with Crippen molar-refractivity contribution < 1.29 is 18.0 Å². The molecule has 236 valence electrons. The maximum atomic E-state index is 13.5. The van der Waals surface area contributed by atoms with E-state index >= 15 is 0 Å². The number of halogens is 1. The summed E-state index contributed by atoms with van der Waals surface area (Å²) in [5, 5.41) is 6.51. The van der Waals surface area contributed by atoms with Crippen LogP contribution in [0.4, 0.5) is 5.69 Å². The summed E-state index contributed by atoms with van der Waals surface area (Å²) in [7, 11) is -3.54. The number of benzene rings is 3. The SMILES string of the molecule is NCC1CCC(C(=O)NC(Cc2cccc(NCS(=O)(=O)c3ccccc3)c2)c2nc(-c3ccc(C(N)=O)cc3)c(Cl)[nH]2)CC1. The smallest absolute Gasteiger partial charge is 0.248 e. The number of carbonyl (C=O) groups is 2. The number of rotatable bonds is 12. The second-order valence-corrected chi connectivity index (χ2v) is 13.8. The van der Waals surface area contributed by atoms with Crippen molar-refractivity contribution in [2.24, 2.45) is 23.3 Å². The molecule has 1 aliphatic carbocycles. The molecule has 3 aromatic carbocycles. The standard InChI is InChI=1S/C33H37ClN6O4S/c34-30-29(23-13-15-24(16-14-23)31(36)41)39-32(40-30)28(38-33(42)25-11-9-21(19-35)10-12-25)18-22-5-4-6-26(17-22)37-20-45(43,44)27-7-2-1-3-8-27/h1-8,13-17,21,25,28,37H,9-12,18-20,35H2,(H2,36,41)(H,38,42)(H,39,40). The first-order chi connectivity index (χ1) is 21.6. The van der Waals surface area contributed by atoms with Gasteiger partial charge in [0.15, 0.2) is 9.84 Å². The van der Waals surface area contributed by atoms with Crippen molar-refractivity contribution in [2.45, 2.75) is 43.0 Å². The van der Waals surface area contributed by atoms with Crippen LogP contribution in [0.3, 0.4) is 0 Å². The average Bonchev–Trinajstić information content (AvgIpc) is 3.45. The zero-order valence-electron chi connectivity index (χ0n) is 24.7. The Hall–Kier alpha value is -4.19. The lowest BCUT2D eigenvalue weighted by Crippen LogP contribution is -2.37. The van der Waals surface area contributed by atoms with Gasteiger partial charge < -0.3 is 27.1 Å². The maximum absolute atomic E-state index is 13.5. The number of primary amides is 1. The van der Waals surface area contributed by atoms with Gasteiger partial charge in [0.25, 0.3) is 0 Å². The Morgan fingerprint density at radius 3 is 2.36 bits per heavy atom. The van der Waals surface area contributed by atoms with Crippen LogP contribution in [0.15, 0.2) is 83.8 Å². The lowest BCUT2D eigenvalue weighted by Gasteiger charge is -2.28. The van der Waals surface area contributed by atoms with E-state index in [4.69, 9.17) is 28.1 Å². The van der Waals surface area contributed by atoms with E-state index in [0.29, 0.717) is 52.4 Å². The molecule has 1 saturated carbocycles. The number of aromatic nitrogens is 2. The van der Waals surface area contributed by atoms with Gasteiger partial charge in [-0.2, -0.15) is 0 Å². The summed E-state index contributed by atoms with van der Waals surface area (Å²) in [6, 6.07) is 21.8. The van der Waals surface area contributed by atoms with Crippen LogP contribution in [0.25, 0.3) is 11.3 Å². The van der Waals surface area contributed by atoms with Crippen molar-refractivity contribution in [1.29, 1.82) is 0 Å². The molecule has 1 aromatic heterocycles. The fraction of sp³-hybridized carbons (Fsp3) is 0.303. The zero-order valence-corrected chi connectivity index (χ0v) is 26.3. The predicted octanol–water partition coefficient (Wildman–Crippen LogP) is 4.84. The molecule has 0 bridgehead atoms. The lowest BCUT2D eigenvalue weighted by molar-refractivity contribution is -0.127. The first kappa shape index (κ1) is 32.2. The molecule has 0 spiro atoms. The fourth-order valence-corrected chi connectivity index (χ4v) is 6.96. The number of aromatic amines is 1. The quantitative estimate of drug-likeness (QED) is 0.146. The fourth-order valence-electron chi connectivity index (χ4n) is 5.62. The molecule has 1 heterocycles. The third-order valence-corrected chi connectivity index (χ3v) is 10.0. The van der Waals surface area contributed by atoms with Gasteiger partial charge in [-0.1, -0.05) is 54.1 Å². The number of nitrogens with one attached hydrogen (secondary N) is 3. The van der Waals surface area contributed by atoms with Crippen molar-refractivity contribution in [3.8, 4) is 11.3 Å². The minimum Gasteiger partial charge on any atom is -0.371 e. The summed E-state index contributed by atoms with van der Waals surface area (Å²) in [6.45, 7) is 0.627. The number of H-pyrrole nitrogens is 1. The van der Waals surface area contributed by atoms with Crippen LogP contribution in [0, 0.1) is 11.8 Å². The van der Waals surface area contributed by atoms with Gasteiger partial charge in [0.2, 0.25) is 11.8 Å². The van der Waals surface area contributed by atoms with E-state index < -0.39 is 21.8 Å². The van der Waals surface area contributed by atoms with Gasteiger partial charge in [0.05, 0.1) is 10.9 Å². The van der Waals surface area contributed by atoms with Crippen molar-refractivity contribution in [1.82, 2.24) is 15.3 Å². The van der Waals surface area contributed by atoms with Gasteiger partial charge in [0.1, 0.15) is 22.5 Å². The van der Waals surface area contributed by atoms with Gasteiger partial charge >= 0.3 is 0 Å². The van der Waals surface area contributed by atoms with Crippen LogP contribution in [0.1, 0.15) is 53.5 Å². The highest BCUT2D eigenvalue weighted by Crippen LogP contribution is 2.32. The van der Waals surface area contributed by atoms with E-state index in [1.807, 2.05) is 18.2 Å². The molecule has 0 saturated heterocycles. The Morgan fingerprint density at radius 2 is 1.69 bits per heavy atom. The summed E-state index contributed by atoms with van der Waals surface area (Å²) in [4.78, 5) is 33.2. The molecule has 1 unspecified atom stereocenters. The van der Waals surface area contributed by atoms with Crippen molar-refractivity contribution in [3.05, 3.63) is 101 Å². The summed E-state index contributed by atoms with van der Waals surface area (Å²) in [5.74, 6) is -0.0665. The number of amides is 2. The lowest BCUT2D eigenvalue weighted by atomic mass is 9.81. The number of nitrogens with two attached hydrogens (primary N) is 2. The second-order valence-electron chi connectivity index (χ2n) is 11.4. The summed E-state index contributed by atoms with van der Waals surface area (Å²) in [5.41, 5.74) is 14.3. The molecule has 0 radical (unpaired) electrons. The molecule has 5 rings (SSSR count). The van der Waals surface area contributed by atoms with Crippen LogP contribution < -0.4 is 22.1 Å². The van der Waals surface area contributed by atoms with E-state index in [2.05, 4.69) is 15.6 Å². The van der Waals surface area contributed by atoms with Crippen LogP contribution in [0.2, 0.25) is 5.15 Å². The van der Waals surface area contributed by atoms with Gasteiger partial charge in [0, 0.05) is 22.7 Å². The normalized spacial score (nSPS) is 17.4. The number of imidazole rings is 1. The summed E-state index contributed by atoms with van der Waals surface area (Å²) < 4.78 is 25.6. The van der Waals surface area contributed by atoms with Gasteiger partial charge in [-0.15, -0.1) is 0 Å². The first-order valence-corrected chi connectivity index (χ1v) is 16.9. The Morgan fingerprint density at radius 1 is 0.978 bits per heavy atom. The Balaban J connectivity index is 1.37. The van der Waals surface area contributed by atoms with Crippen LogP contribution in [-0.4, -0.2) is 42.6 Å². The van der Waals surface area contributed by atoms with Crippen LogP contribution in [0.5, 0.6) is 0 Å². The molecule has 2 amide bonds. The Labute approximate surface area is 267 Å². The molecule has 10 nitrogen and oxygen atoms in total. The summed E-state index contributed by atoms with van der Waals surface area (Å²) >= 11 is 6.60. The average molecular weight is 649 g/mol. The molecule has 12 heteroatoms. The third-order valence-electron chi connectivity index (χ3n) is 8.25. The largest absolute Gasteiger partial charge is 0.371 e. The van der Waals surface area contributed by atoms with Gasteiger partial charge in [-0.3, -0.25) is 9.59 Å². The molecular formula is C33H37ClN6O4S. The highest BCUT2D eigenvalue weighted by atomic mass is 35.5. The number of sulfone groups is 1.